The Labute approximate surface area is 109 Å². The summed E-state index contributed by atoms with van der Waals surface area (Å²) in [5.41, 5.74) is -4.62. The van der Waals surface area contributed by atoms with Gasteiger partial charge in [-0.05, 0) is 6.92 Å². The highest BCUT2D eigenvalue weighted by Gasteiger charge is 2.40. The minimum absolute atomic E-state index is 0.204. The molecule has 13 heteroatoms. The molecule has 0 saturated carbocycles. The topological polar surface area (TPSA) is 184 Å². The molecule has 0 radical (unpaired) electrons. The number of rotatable bonds is 4. The van der Waals surface area contributed by atoms with Crippen molar-refractivity contribution in [3.8, 4) is 0 Å². The number of hydrogen-bond acceptors (Lipinski definition) is 8. The largest absolute Gasteiger partial charge is 0.367 e. The van der Waals surface area contributed by atoms with Gasteiger partial charge in [-0.25, -0.2) is 0 Å². The molecule has 0 aliphatic heterocycles. The predicted octanol–water partition coefficient (Wildman–Crippen LogP) is 0.966. The summed E-state index contributed by atoms with van der Waals surface area (Å²) in [6.07, 6.45) is 0. The number of nitro groups is 3. The van der Waals surface area contributed by atoms with E-state index in [9.17, 15) is 38.8 Å². The lowest BCUT2D eigenvalue weighted by Gasteiger charge is -2.04. The molecule has 0 aliphatic carbocycles. The molecule has 0 fully saturated rings. The summed E-state index contributed by atoms with van der Waals surface area (Å²) in [6, 6.07) is 0.204. The Morgan fingerprint density at radius 1 is 1.00 bits per heavy atom. The normalized spacial score (nSPS) is 11.1. The summed E-state index contributed by atoms with van der Waals surface area (Å²) in [5.74, 6) is 0. The second-order valence-electron chi connectivity index (χ2n) is 3.46. The number of hydrogen-bond donors (Lipinski definition) is 1. The third-order valence-electron chi connectivity index (χ3n) is 2.30. The molecule has 0 amide bonds. The van der Waals surface area contributed by atoms with Crippen LogP contribution in [0.5, 0.6) is 0 Å². The van der Waals surface area contributed by atoms with E-state index in [-0.39, 0.29) is 6.07 Å². The van der Waals surface area contributed by atoms with E-state index in [1.54, 1.807) is 0 Å². The molecule has 108 valence electrons. The summed E-state index contributed by atoms with van der Waals surface area (Å²) >= 11 is 0. The molecule has 20 heavy (non-hydrogen) atoms. The van der Waals surface area contributed by atoms with Gasteiger partial charge in [0.25, 0.3) is 5.69 Å². The zero-order valence-corrected chi connectivity index (χ0v) is 10.4. The monoisotopic (exact) mass is 307 g/mol. The summed E-state index contributed by atoms with van der Waals surface area (Å²) in [6.45, 7) is 0.858. The van der Waals surface area contributed by atoms with Crippen molar-refractivity contribution in [1.82, 2.24) is 0 Å². The fourth-order valence-corrected chi connectivity index (χ4v) is 2.18. The van der Waals surface area contributed by atoms with Crippen LogP contribution >= 0.6 is 0 Å². The lowest BCUT2D eigenvalue weighted by molar-refractivity contribution is -0.427. The first-order valence-corrected chi connectivity index (χ1v) is 6.00. The molecule has 0 bridgehead atoms. The Morgan fingerprint density at radius 3 is 1.75 bits per heavy atom. The number of nitro benzene ring substituents is 3. The van der Waals surface area contributed by atoms with E-state index in [1.165, 1.54) is 0 Å². The van der Waals surface area contributed by atoms with Crippen LogP contribution in [0.15, 0.2) is 11.0 Å². The molecule has 0 aromatic heterocycles. The van der Waals surface area contributed by atoms with E-state index in [0.29, 0.717) is 0 Å². The average molecular weight is 307 g/mol. The lowest BCUT2D eigenvalue weighted by atomic mass is 10.1. The van der Waals surface area contributed by atoms with Crippen LogP contribution in [0, 0.1) is 37.3 Å². The lowest BCUT2D eigenvalue weighted by Crippen LogP contribution is -2.09. The fraction of sp³-hybridized carbons (Fsp3) is 0.143. The highest BCUT2D eigenvalue weighted by molar-refractivity contribution is 7.86. The van der Waals surface area contributed by atoms with Crippen molar-refractivity contribution in [2.75, 3.05) is 0 Å². The van der Waals surface area contributed by atoms with E-state index in [2.05, 4.69) is 0 Å². The predicted molar refractivity (Wildman–Crippen MR) is 61.0 cm³/mol. The van der Waals surface area contributed by atoms with Crippen LogP contribution in [-0.4, -0.2) is 27.7 Å². The van der Waals surface area contributed by atoms with Crippen LogP contribution in [0.25, 0.3) is 0 Å². The fourth-order valence-electron chi connectivity index (χ4n) is 1.50. The molecule has 0 saturated heterocycles. The van der Waals surface area contributed by atoms with Gasteiger partial charge in [-0.1, -0.05) is 0 Å². The van der Waals surface area contributed by atoms with Gasteiger partial charge in [-0.15, -0.1) is 0 Å². The third kappa shape index (κ3) is 2.52. The molecule has 1 N–H and O–H groups in total. The van der Waals surface area contributed by atoms with Crippen molar-refractivity contribution in [1.29, 1.82) is 0 Å². The highest BCUT2D eigenvalue weighted by atomic mass is 32.2. The van der Waals surface area contributed by atoms with E-state index in [1.807, 2.05) is 0 Å². The quantitative estimate of drug-likeness (QED) is 0.480. The number of nitrogens with zero attached hydrogens (tertiary/aromatic N) is 3. The molecule has 0 spiro atoms. The molecular weight excluding hydrogens is 302 g/mol. The molecule has 0 aliphatic rings. The summed E-state index contributed by atoms with van der Waals surface area (Å²) in [7, 11) is -5.26. The first-order valence-electron chi connectivity index (χ1n) is 4.56. The zero-order chi connectivity index (χ0) is 15.8. The maximum Gasteiger partial charge on any atom is 0.367 e. The van der Waals surface area contributed by atoms with Crippen molar-refractivity contribution in [3.63, 3.8) is 0 Å². The van der Waals surface area contributed by atoms with Crippen molar-refractivity contribution in [3.05, 3.63) is 42.0 Å². The van der Waals surface area contributed by atoms with Gasteiger partial charge in [0.05, 0.1) is 14.8 Å². The molecule has 1 aromatic carbocycles. The van der Waals surface area contributed by atoms with E-state index < -0.39 is 52.4 Å². The van der Waals surface area contributed by atoms with Gasteiger partial charge in [0.2, 0.25) is 0 Å². The Bertz CT molecular complexity index is 738. The van der Waals surface area contributed by atoms with Gasteiger partial charge in [0.1, 0.15) is 5.56 Å². The third-order valence-corrected chi connectivity index (χ3v) is 3.17. The highest BCUT2D eigenvalue weighted by Crippen LogP contribution is 2.41. The van der Waals surface area contributed by atoms with Gasteiger partial charge in [0, 0.05) is 6.07 Å². The smallest absolute Gasteiger partial charge is 0.282 e. The molecule has 0 unspecified atom stereocenters. The Kier molecular flexibility index (Phi) is 3.68. The van der Waals surface area contributed by atoms with Gasteiger partial charge in [0.15, 0.2) is 4.90 Å². The van der Waals surface area contributed by atoms with Crippen molar-refractivity contribution in [2.24, 2.45) is 0 Å². The van der Waals surface area contributed by atoms with Crippen LogP contribution in [-0.2, 0) is 10.1 Å². The van der Waals surface area contributed by atoms with Crippen LogP contribution < -0.4 is 0 Å². The van der Waals surface area contributed by atoms with Crippen LogP contribution in [0.4, 0.5) is 17.1 Å². The van der Waals surface area contributed by atoms with Crippen molar-refractivity contribution >= 4 is 27.2 Å². The Balaban J connectivity index is 4.09. The molecule has 1 rings (SSSR count). The van der Waals surface area contributed by atoms with Gasteiger partial charge < -0.3 is 0 Å². The number of benzene rings is 1. The second-order valence-corrected chi connectivity index (χ2v) is 4.85. The van der Waals surface area contributed by atoms with Gasteiger partial charge in [-0.3, -0.25) is 34.9 Å². The minimum atomic E-state index is -5.26. The Morgan fingerprint density at radius 2 is 1.45 bits per heavy atom. The average Bonchev–Trinajstić information content (AvgIpc) is 2.25. The second kappa shape index (κ2) is 4.78. The summed E-state index contributed by atoms with van der Waals surface area (Å²) in [4.78, 5) is 26.9. The van der Waals surface area contributed by atoms with Gasteiger partial charge in [-0.2, -0.15) is 8.42 Å². The van der Waals surface area contributed by atoms with Crippen molar-refractivity contribution < 1.29 is 27.7 Å². The Hall–Kier alpha value is -2.67. The first-order chi connectivity index (χ1) is 8.98. The molecule has 1 aromatic rings. The zero-order valence-electron chi connectivity index (χ0n) is 9.54. The maximum absolute atomic E-state index is 11.0. The molecule has 0 heterocycles. The molecular formula is C7H5N3O9S. The van der Waals surface area contributed by atoms with Crippen LogP contribution in [0.1, 0.15) is 5.56 Å². The van der Waals surface area contributed by atoms with E-state index >= 15 is 0 Å². The first kappa shape index (κ1) is 15.4. The van der Waals surface area contributed by atoms with Crippen LogP contribution in [0.2, 0.25) is 0 Å². The van der Waals surface area contributed by atoms with E-state index in [0.717, 1.165) is 6.92 Å². The van der Waals surface area contributed by atoms with E-state index in [4.69, 9.17) is 4.55 Å². The van der Waals surface area contributed by atoms with Crippen molar-refractivity contribution in [2.45, 2.75) is 11.8 Å². The molecule has 0 atom stereocenters. The molecule has 12 nitrogen and oxygen atoms in total. The summed E-state index contributed by atoms with van der Waals surface area (Å²) in [5, 5.41) is 32.3. The SMILES string of the molecule is Cc1c([N+](=O)[O-])cc(S(=O)(=O)O)c([N+](=O)[O-])c1[N+](=O)[O-]. The maximum atomic E-state index is 11.0. The minimum Gasteiger partial charge on any atom is -0.282 e. The summed E-state index contributed by atoms with van der Waals surface area (Å²) < 4.78 is 30.9. The van der Waals surface area contributed by atoms with Gasteiger partial charge >= 0.3 is 21.5 Å². The van der Waals surface area contributed by atoms with Crippen LogP contribution in [0.3, 0.4) is 0 Å². The standard InChI is InChI=1S/C7H5N3O9S/c1-3-4(8(11)12)2-5(20(17,18)19)7(10(15)16)6(3)9(13)14/h2H,1H3,(H,17,18,19).